The van der Waals surface area contributed by atoms with Crippen LogP contribution >= 0.6 is 0 Å². The molecule has 3 nitrogen and oxygen atoms in total. The highest BCUT2D eigenvalue weighted by Gasteiger charge is 2.01. The van der Waals surface area contributed by atoms with E-state index in [1.165, 1.54) is 0 Å². The summed E-state index contributed by atoms with van der Waals surface area (Å²) in [4.78, 5) is 4.34. The van der Waals surface area contributed by atoms with Crippen molar-refractivity contribution in [3.8, 4) is 0 Å². The highest BCUT2D eigenvalue weighted by Crippen LogP contribution is 2.11. The van der Waals surface area contributed by atoms with Crippen molar-refractivity contribution in [2.75, 3.05) is 0 Å². The second-order valence-electron chi connectivity index (χ2n) is 2.85. The zero-order valence-corrected chi connectivity index (χ0v) is 7.91. The monoisotopic (exact) mass is 175 g/mol. The molecule has 1 rings (SSSR count). The number of aromatic nitrogens is 1. The van der Waals surface area contributed by atoms with Crippen molar-refractivity contribution in [2.24, 2.45) is 10.9 Å². The summed E-state index contributed by atoms with van der Waals surface area (Å²) in [6.07, 6.45) is 3.28. The van der Waals surface area contributed by atoms with E-state index in [0.29, 0.717) is 0 Å². The van der Waals surface area contributed by atoms with E-state index in [-0.39, 0.29) is 0 Å². The third-order valence-corrected chi connectivity index (χ3v) is 1.93. The normalized spacial score (nSPS) is 10.6. The van der Waals surface area contributed by atoms with Gasteiger partial charge in [0.1, 0.15) is 0 Å². The predicted molar refractivity (Wildman–Crippen MR) is 55.6 cm³/mol. The molecule has 0 aliphatic carbocycles. The van der Waals surface area contributed by atoms with Gasteiger partial charge in [0.2, 0.25) is 0 Å². The Balaban J connectivity index is 3.32. The first kappa shape index (κ1) is 9.45. The maximum Gasteiger partial charge on any atom is 0.0715 e. The minimum absolute atomic E-state index is 0.817. The molecule has 1 heterocycles. The minimum Gasteiger partial charge on any atom is -0.323 e. The van der Waals surface area contributed by atoms with Crippen LogP contribution in [-0.2, 0) is 0 Å². The molecule has 0 fully saturated rings. The van der Waals surface area contributed by atoms with Crippen LogP contribution < -0.4 is 5.84 Å². The third kappa shape index (κ3) is 1.93. The molecule has 0 saturated heterocycles. The first-order valence-electron chi connectivity index (χ1n) is 4.03. The van der Waals surface area contributed by atoms with E-state index in [4.69, 9.17) is 5.84 Å². The van der Waals surface area contributed by atoms with Gasteiger partial charge in [-0.15, -0.1) is 0 Å². The van der Waals surface area contributed by atoms with Crippen molar-refractivity contribution in [1.29, 1.82) is 0 Å². The van der Waals surface area contributed by atoms with Gasteiger partial charge in [0.25, 0.3) is 0 Å². The van der Waals surface area contributed by atoms with Crippen molar-refractivity contribution in [3.63, 3.8) is 0 Å². The van der Waals surface area contributed by atoms with Gasteiger partial charge in [0.15, 0.2) is 0 Å². The molecule has 0 atom stereocenters. The summed E-state index contributed by atoms with van der Waals surface area (Å²) in [6, 6.07) is 2.00. The lowest BCUT2D eigenvalue weighted by Gasteiger charge is -2.04. The minimum atomic E-state index is 0.817. The molecule has 0 aliphatic rings. The number of hydrazone groups is 1. The van der Waals surface area contributed by atoms with E-state index in [1.807, 2.05) is 19.9 Å². The van der Waals surface area contributed by atoms with Gasteiger partial charge in [-0.25, -0.2) is 0 Å². The van der Waals surface area contributed by atoms with Gasteiger partial charge in [-0.2, -0.15) is 5.10 Å². The smallest absolute Gasteiger partial charge is 0.0715 e. The Bertz CT molecular complexity index is 353. The fourth-order valence-electron chi connectivity index (χ4n) is 1.09. The Morgan fingerprint density at radius 2 is 2.23 bits per heavy atom. The van der Waals surface area contributed by atoms with Crippen LogP contribution in [0.25, 0.3) is 6.08 Å². The Morgan fingerprint density at radius 1 is 1.54 bits per heavy atom. The summed E-state index contributed by atoms with van der Waals surface area (Å²) in [7, 11) is 0. The summed E-state index contributed by atoms with van der Waals surface area (Å²) in [5, 5.41) is 3.47. The molecule has 0 radical (unpaired) electrons. The van der Waals surface area contributed by atoms with E-state index in [0.717, 1.165) is 22.5 Å². The molecule has 0 aromatic carbocycles. The Morgan fingerprint density at radius 3 is 2.77 bits per heavy atom. The zero-order valence-electron chi connectivity index (χ0n) is 7.91. The number of hydrogen-bond acceptors (Lipinski definition) is 3. The molecule has 13 heavy (non-hydrogen) atoms. The highest BCUT2D eigenvalue weighted by molar-refractivity contribution is 5.84. The fourth-order valence-corrected chi connectivity index (χ4v) is 1.09. The molecule has 2 N–H and O–H groups in total. The standard InChI is InChI=1S/C10H13N3/c1-4-10-9(6-12-11)5-7(2)8(3)13-10/h4-6H,1,11H2,2-3H3/b12-6-. The topological polar surface area (TPSA) is 51.3 Å². The number of nitrogens with zero attached hydrogens (tertiary/aromatic N) is 2. The van der Waals surface area contributed by atoms with Gasteiger partial charge in [-0.3, -0.25) is 4.98 Å². The molecule has 0 bridgehead atoms. The maximum absolute atomic E-state index is 5.08. The number of rotatable bonds is 2. The lowest BCUT2D eigenvalue weighted by molar-refractivity contribution is 1.13. The Labute approximate surface area is 78.0 Å². The molecule has 0 amide bonds. The largest absolute Gasteiger partial charge is 0.323 e. The molecule has 68 valence electrons. The van der Waals surface area contributed by atoms with Crippen molar-refractivity contribution >= 4 is 12.3 Å². The van der Waals surface area contributed by atoms with Crippen LogP contribution in [0.4, 0.5) is 0 Å². The van der Waals surface area contributed by atoms with E-state index in [1.54, 1.807) is 12.3 Å². The van der Waals surface area contributed by atoms with Crippen LogP contribution in [0.5, 0.6) is 0 Å². The second-order valence-corrected chi connectivity index (χ2v) is 2.85. The van der Waals surface area contributed by atoms with Gasteiger partial charge in [0.05, 0.1) is 11.9 Å². The summed E-state index contributed by atoms with van der Waals surface area (Å²) in [5.41, 5.74) is 3.85. The van der Waals surface area contributed by atoms with Crippen LogP contribution in [0.15, 0.2) is 17.7 Å². The first-order valence-corrected chi connectivity index (χ1v) is 4.03. The van der Waals surface area contributed by atoms with Gasteiger partial charge >= 0.3 is 0 Å². The van der Waals surface area contributed by atoms with E-state index >= 15 is 0 Å². The Kier molecular flexibility index (Phi) is 2.80. The van der Waals surface area contributed by atoms with E-state index < -0.39 is 0 Å². The van der Waals surface area contributed by atoms with Gasteiger partial charge in [-0.1, -0.05) is 6.58 Å². The molecule has 0 aliphatic heterocycles. The SMILES string of the molecule is C=Cc1nc(C)c(C)cc1/C=N\N. The molecule has 3 heteroatoms. The molecule has 1 aromatic rings. The zero-order chi connectivity index (χ0) is 9.84. The molecule has 0 unspecified atom stereocenters. The summed E-state index contributed by atoms with van der Waals surface area (Å²) < 4.78 is 0. The number of hydrogen-bond donors (Lipinski definition) is 1. The predicted octanol–water partition coefficient (Wildman–Crippen LogP) is 1.63. The quantitative estimate of drug-likeness (QED) is 0.422. The molecular formula is C10H13N3. The van der Waals surface area contributed by atoms with Crippen molar-refractivity contribution in [2.45, 2.75) is 13.8 Å². The number of nitrogens with two attached hydrogens (primary N) is 1. The second kappa shape index (κ2) is 3.85. The molecule has 0 saturated carbocycles. The maximum atomic E-state index is 5.08. The lowest BCUT2D eigenvalue weighted by atomic mass is 10.1. The fraction of sp³-hybridized carbons (Fsp3) is 0.200. The number of pyridine rings is 1. The highest BCUT2D eigenvalue weighted by atomic mass is 15.1. The summed E-state index contributed by atoms with van der Waals surface area (Å²) in [5.74, 6) is 5.08. The summed E-state index contributed by atoms with van der Waals surface area (Å²) >= 11 is 0. The average molecular weight is 175 g/mol. The molecular weight excluding hydrogens is 162 g/mol. The van der Waals surface area contributed by atoms with Gasteiger partial charge in [-0.05, 0) is 31.6 Å². The first-order chi connectivity index (χ1) is 6.19. The van der Waals surface area contributed by atoms with Crippen LogP contribution in [0, 0.1) is 13.8 Å². The van der Waals surface area contributed by atoms with Crippen LogP contribution in [-0.4, -0.2) is 11.2 Å². The van der Waals surface area contributed by atoms with Gasteiger partial charge in [0, 0.05) is 11.3 Å². The molecule has 1 aromatic heterocycles. The lowest BCUT2D eigenvalue weighted by Crippen LogP contribution is -1.97. The Hall–Kier alpha value is -1.64. The van der Waals surface area contributed by atoms with Gasteiger partial charge < -0.3 is 5.84 Å². The summed E-state index contributed by atoms with van der Waals surface area (Å²) in [6.45, 7) is 7.65. The van der Waals surface area contributed by atoms with Crippen molar-refractivity contribution in [3.05, 3.63) is 35.2 Å². The van der Waals surface area contributed by atoms with Crippen molar-refractivity contribution < 1.29 is 0 Å². The average Bonchev–Trinajstić information content (AvgIpc) is 2.11. The third-order valence-electron chi connectivity index (χ3n) is 1.93. The van der Waals surface area contributed by atoms with Crippen LogP contribution in [0.2, 0.25) is 0 Å². The van der Waals surface area contributed by atoms with E-state index in [2.05, 4.69) is 16.7 Å². The molecule has 0 spiro atoms. The van der Waals surface area contributed by atoms with E-state index in [9.17, 15) is 0 Å². The number of aryl methyl sites for hydroxylation is 2. The van der Waals surface area contributed by atoms with Crippen molar-refractivity contribution in [1.82, 2.24) is 4.98 Å². The van der Waals surface area contributed by atoms with Crippen LogP contribution in [0.3, 0.4) is 0 Å². The van der Waals surface area contributed by atoms with Crippen LogP contribution in [0.1, 0.15) is 22.5 Å².